The molecule has 11 heavy (non-hydrogen) atoms. The summed E-state index contributed by atoms with van der Waals surface area (Å²) in [5, 5.41) is 0. The van der Waals surface area contributed by atoms with Crippen molar-refractivity contribution in [1.29, 1.82) is 0 Å². The zero-order chi connectivity index (χ0) is 7.68. The van der Waals surface area contributed by atoms with Crippen LogP contribution in [0.15, 0.2) is 0 Å². The summed E-state index contributed by atoms with van der Waals surface area (Å²) in [4.78, 5) is 2.51. The molecule has 0 aromatic carbocycles. The summed E-state index contributed by atoms with van der Waals surface area (Å²) in [6, 6.07) is 0.706. The SMILES string of the molecule is NCC1CN2CCC[C@H]2CO1. The highest BCUT2D eigenvalue weighted by atomic mass is 16.5. The van der Waals surface area contributed by atoms with Gasteiger partial charge >= 0.3 is 0 Å². The largest absolute Gasteiger partial charge is 0.374 e. The van der Waals surface area contributed by atoms with E-state index in [0.29, 0.717) is 18.7 Å². The molecule has 0 aliphatic carbocycles. The van der Waals surface area contributed by atoms with Crippen LogP contribution in [0.1, 0.15) is 12.8 Å². The first kappa shape index (κ1) is 7.53. The second kappa shape index (κ2) is 3.09. The fourth-order valence-electron chi connectivity index (χ4n) is 2.03. The second-order valence-corrected chi connectivity index (χ2v) is 3.48. The van der Waals surface area contributed by atoms with Gasteiger partial charge in [0.1, 0.15) is 0 Å². The van der Waals surface area contributed by atoms with Crippen molar-refractivity contribution in [3.05, 3.63) is 0 Å². The van der Waals surface area contributed by atoms with Crippen molar-refractivity contribution in [3.63, 3.8) is 0 Å². The van der Waals surface area contributed by atoms with Gasteiger partial charge in [0.05, 0.1) is 12.7 Å². The number of hydrogen-bond donors (Lipinski definition) is 1. The van der Waals surface area contributed by atoms with Gasteiger partial charge in [-0.15, -0.1) is 0 Å². The second-order valence-electron chi connectivity index (χ2n) is 3.48. The highest BCUT2D eigenvalue weighted by Gasteiger charge is 2.31. The predicted octanol–water partition coefficient (Wildman–Crippen LogP) is -0.192. The van der Waals surface area contributed by atoms with Gasteiger partial charge in [-0.2, -0.15) is 0 Å². The number of morpholine rings is 1. The molecule has 2 heterocycles. The molecule has 2 saturated heterocycles. The Labute approximate surface area is 67.5 Å². The van der Waals surface area contributed by atoms with Crippen molar-refractivity contribution in [1.82, 2.24) is 4.90 Å². The van der Waals surface area contributed by atoms with Gasteiger partial charge in [0.15, 0.2) is 0 Å². The van der Waals surface area contributed by atoms with Crippen LogP contribution >= 0.6 is 0 Å². The first-order valence-corrected chi connectivity index (χ1v) is 4.46. The van der Waals surface area contributed by atoms with Crippen molar-refractivity contribution < 1.29 is 4.74 Å². The molecule has 0 aromatic rings. The Balaban J connectivity index is 1.91. The van der Waals surface area contributed by atoms with E-state index in [1.165, 1.54) is 19.4 Å². The van der Waals surface area contributed by atoms with Crippen LogP contribution in [0, 0.1) is 0 Å². The maximum atomic E-state index is 5.57. The Morgan fingerprint density at radius 2 is 2.45 bits per heavy atom. The summed E-state index contributed by atoms with van der Waals surface area (Å²) in [6.45, 7) is 3.89. The first-order valence-electron chi connectivity index (χ1n) is 4.46. The van der Waals surface area contributed by atoms with Crippen molar-refractivity contribution in [2.45, 2.75) is 25.0 Å². The molecule has 2 aliphatic rings. The molecule has 2 atom stereocenters. The number of nitrogens with zero attached hydrogens (tertiary/aromatic N) is 1. The third-order valence-corrected chi connectivity index (χ3v) is 2.72. The summed E-state index contributed by atoms with van der Waals surface area (Å²) in [7, 11) is 0. The Hall–Kier alpha value is -0.120. The molecule has 1 unspecified atom stereocenters. The van der Waals surface area contributed by atoms with E-state index in [9.17, 15) is 0 Å². The van der Waals surface area contributed by atoms with Crippen LogP contribution in [0.3, 0.4) is 0 Å². The lowest BCUT2D eigenvalue weighted by molar-refractivity contribution is -0.0434. The van der Waals surface area contributed by atoms with Crippen LogP contribution in [0.25, 0.3) is 0 Å². The van der Waals surface area contributed by atoms with Crippen LogP contribution < -0.4 is 5.73 Å². The Morgan fingerprint density at radius 1 is 1.55 bits per heavy atom. The van der Waals surface area contributed by atoms with Gasteiger partial charge in [-0.1, -0.05) is 0 Å². The molecule has 3 nitrogen and oxygen atoms in total. The fraction of sp³-hybridized carbons (Fsp3) is 1.00. The first-order chi connectivity index (χ1) is 5.40. The van der Waals surface area contributed by atoms with Gasteiger partial charge in [-0.3, -0.25) is 4.90 Å². The van der Waals surface area contributed by atoms with Gasteiger partial charge < -0.3 is 10.5 Å². The van der Waals surface area contributed by atoms with E-state index in [1.54, 1.807) is 0 Å². The molecule has 64 valence electrons. The zero-order valence-corrected chi connectivity index (χ0v) is 6.83. The lowest BCUT2D eigenvalue weighted by atomic mass is 10.2. The van der Waals surface area contributed by atoms with Crippen molar-refractivity contribution in [2.24, 2.45) is 5.73 Å². The van der Waals surface area contributed by atoms with E-state index >= 15 is 0 Å². The van der Waals surface area contributed by atoms with Crippen LogP contribution in [0.4, 0.5) is 0 Å². The molecule has 2 N–H and O–H groups in total. The summed E-state index contributed by atoms with van der Waals surface area (Å²) < 4.78 is 5.57. The van der Waals surface area contributed by atoms with Gasteiger partial charge in [0.25, 0.3) is 0 Å². The van der Waals surface area contributed by atoms with Crippen LogP contribution in [-0.4, -0.2) is 43.3 Å². The summed E-state index contributed by atoms with van der Waals surface area (Å²) in [5.41, 5.74) is 5.53. The molecule has 2 fully saturated rings. The number of rotatable bonds is 1. The quantitative estimate of drug-likeness (QED) is 0.572. The van der Waals surface area contributed by atoms with E-state index in [4.69, 9.17) is 10.5 Å². The van der Waals surface area contributed by atoms with Crippen LogP contribution in [0.2, 0.25) is 0 Å². The summed E-state index contributed by atoms with van der Waals surface area (Å²) in [6.07, 6.45) is 2.95. The topological polar surface area (TPSA) is 38.5 Å². The average Bonchev–Trinajstić information content (AvgIpc) is 2.50. The average molecular weight is 156 g/mol. The third kappa shape index (κ3) is 1.41. The maximum absolute atomic E-state index is 5.57. The minimum absolute atomic E-state index is 0.296. The summed E-state index contributed by atoms with van der Waals surface area (Å²) >= 11 is 0. The molecule has 3 heteroatoms. The monoisotopic (exact) mass is 156 g/mol. The lowest BCUT2D eigenvalue weighted by Crippen LogP contribution is -2.48. The Bertz CT molecular complexity index is 140. The minimum atomic E-state index is 0.296. The zero-order valence-electron chi connectivity index (χ0n) is 6.83. The maximum Gasteiger partial charge on any atom is 0.0824 e. The smallest absolute Gasteiger partial charge is 0.0824 e. The normalized spacial score (nSPS) is 39.0. The van der Waals surface area contributed by atoms with Crippen LogP contribution in [-0.2, 0) is 4.74 Å². The lowest BCUT2D eigenvalue weighted by Gasteiger charge is -2.34. The summed E-state index contributed by atoms with van der Waals surface area (Å²) in [5.74, 6) is 0. The van der Waals surface area contributed by atoms with Gasteiger partial charge in [-0.25, -0.2) is 0 Å². The van der Waals surface area contributed by atoms with E-state index in [0.717, 1.165) is 13.2 Å². The highest BCUT2D eigenvalue weighted by molar-refractivity contribution is 4.85. The van der Waals surface area contributed by atoms with E-state index < -0.39 is 0 Å². The third-order valence-electron chi connectivity index (χ3n) is 2.72. The minimum Gasteiger partial charge on any atom is -0.374 e. The molecule has 0 amide bonds. The molecule has 2 rings (SSSR count). The Morgan fingerprint density at radius 3 is 3.27 bits per heavy atom. The van der Waals surface area contributed by atoms with Crippen molar-refractivity contribution >= 4 is 0 Å². The van der Waals surface area contributed by atoms with Gasteiger partial charge in [0, 0.05) is 19.1 Å². The van der Waals surface area contributed by atoms with Gasteiger partial charge in [0.2, 0.25) is 0 Å². The molecule has 2 aliphatic heterocycles. The molecular formula is C8H16N2O. The molecule has 0 aromatic heterocycles. The van der Waals surface area contributed by atoms with E-state index in [1.807, 2.05) is 0 Å². The van der Waals surface area contributed by atoms with Crippen molar-refractivity contribution in [2.75, 3.05) is 26.2 Å². The van der Waals surface area contributed by atoms with Gasteiger partial charge in [-0.05, 0) is 19.4 Å². The highest BCUT2D eigenvalue weighted by Crippen LogP contribution is 2.21. The number of hydrogen-bond acceptors (Lipinski definition) is 3. The molecule has 0 radical (unpaired) electrons. The number of ether oxygens (including phenoxy) is 1. The number of nitrogens with two attached hydrogens (primary N) is 1. The fourth-order valence-corrected chi connectivity index (χ4v) is 2.03. The standard InChI is InChI=1S/C8H16N2O/c9-4-8-5-10-3-1-2-7(10)6-11-8/h7-8H,1-6,9H2/t7-,8?/m0/s1. The van der Waals surface area contributed by atoms with Crippen molar-refractivity contribution in [3.8, 4) is 0 Å². The van der Waals surface area contributed by atoms with Crippen LogP contribution in [0.5, 0.6) is 0 Å². The molecule has 0 spiro atoms. The Kier molecular flexibility index (Phi) is 2.11. The molecular weight excluding hydrogens is 140 g/mol. The predicted molar refractivity (Wildman–Crippen MR) is 43.4 cm³/mol. The van der Waals surface area contributed by atoms with E-state index in [2.05, 4.69) is 4.90 Å². The molecule has 0 bridgehead atoms. The molecule has 0 saturated carbocycles. The number of fused-ring (bicyclic) bond motifs is 1. The van der Waals surface area contributed by atoms with E-state index in [-0.39, 0.29) is 0 Å².